The second-order valence-electron chi connectivity index (χ2n) is 5.34. The molecule has 104 valence electrons. The molecule has 20 heavy (non-hydrogen) atoms. The monoisotopic (exact) mass is 287 g/mol. The Balaban J connectivity index is 1.70. The van der Waals surface area contributed by atoms with Gasteiger partial charge in [0.25, 0.3) is 0 Å². The molecule has 0 heterocycles. The third kappa shape index (κ3) is 3.53. The fourth-order valence-corrected chi connectivity index (χ4v) is 2.36. The summed E-state index contributed by atoms with van der Waals surface area (Å²) in [5.41, 5.74) is 2.36. The van der Waals surface area contributed by atoms with Gasteiger partial charge in [-0.25, -0.2) is 0 Å². The van der Waals surface area contributed by atoms with Crippen molar-refractivity contribution >= 4 is 11.6 Å². The van der Waals surface area contributed by atoms with Crippen molar-refractivity contribution in [2.75, 3.05) is 0 Å². The zero-order valence-electron chi connectivity index (χ0n) is 11.5. The highest BCUT2D eigenvalue weighted by Gasteiger charge is 2.19. The topological polar surface area (TPSA) is 21.3 Å². The van der Waals surface area contributed by atoms with Crippen molar-refractivity contribution in [3.05, 3.63) is 58.6 Å². The van der Waals surface area contributed by atoms with Crippen molar-refractivity contribution < 1.29 is 4.74 Å². The number of aryl methyl sites for hydroxylation is 1. The Morgan fingerprint density at radius 2 is 2.05 bits per heavy atom. The van der Waals surface area contributed by atoms with Crippen molar-refractivity contribution in [1.29, 1.82) is 0 Å². The maximum atomic E-state index is 6.19. The van der Waals surface area contributed by atoms with E-state index in [1.165, 1.54) is 18.4 Å². The van der Waals surface area contributed by atoms with Crippen molar-refractivity contribution in [3.63, 3.8) is 0 Å². The van der Waals surface area contributed by atoms with Crippen molar-refractivity contribution in [1.82, 2.24) is 5.32 Å². The Morgan fingerprint density at radius 3 is 2.80 bits per heavy atom. The number of halogens is 1. The lowest BCUT2D eigenvalue weighted by Gasteiger charge is -2.10. The van der Waals surface area contributed by atoms with Crippen LogP contribution in [0.3, 0.4) is 0 Å². The lowest BCUT2D eigenvalue weighted by molar-refractivity contribution is 0.481. The predicted octanol–water partition coefficient (Wildman–Crippen LogP) is 4.69. The minimum atomic E-state index is 0.645. The first-order valence-corrected chi connectivity index (χ1v) is 7.35. The molecule has 0 aromatic heterocycles. The highest BCUT2D eigenvalue weighted by atomic mass is 35.5. The van der Waals surface area contributed by atoms with E-state index in [9.17, 15) is 0 Å². The van der Waals surface area contributed by atoms with E-state index in [2.05, 4.69) is 17.4 Å². The van der Waals surface area contributed by atoms with Crippen molar-refractivity contribution in [2.45, 2.75) is 32.4 Å². The molecule has 0 saturated heterocycles. The first-order chi connectivity index (χ1) is 9.70. The third-order valence-corrected chi connectivity index (χ3v) is 3.68. The molecular formula is C17H18ClNO. The summed E-state index contributed by atoms with van der Waals surface area (Å²) in [7, 11) is 0. The van der Waals surface area contributed by atoms with Gasteiger partial charge >= 0.3 is 0 Å². The fourth-order valence-electron chi connectivity index (χ4n) is 2.08. The molecular weight excluding hydrogens is 270 g/mol. The van der Waals surface area contributed by atoms with Crippen molar-refractivity contribution in [2.24, 2.45) is 0 Å². The molecule has 1 fully saturated rings. The molecule has 2 nitrogen and oxygen atoms in total. The van der Waals surface area contributed by atoms with Crippen LogP contribution >= 0.6 is 11.6 Å². The minimum Gasteiger partial charge on any atom is -0.456 e. The Bertz CT molecular complexity index is 608. The standard InChI is InChI=1S/C17H18ClNO/c1-12-5-8-17(16(18)9-12)20-15-4-2-3-13(10-15)11-19-14-6-7-14/h2-5,8-10,14,19H,6-7,11H2,1H3. The van der Waals surface area contributed by atoms with Gasteiger partial charge in [-0.05, 0) is 55.2 Å². The van der Waals surface area contributed by atoms with E-state index in [1.807, 2.05) is 37.3 Å². The van der Waals surface area contributed by atoms with Crippen LogP contribution in [0, 0.1) is 6.92 Å². The van der Waals surface area contributed by atoms with E-state index in [4.69, 9.17) is 16.3 Å². The molecule has 1 aliphatic carbocycles. The van der Waals surface area contributed by atoms with Gasteiger partial charge in [-0.2, -0.15) is 0 Å². The van der Waals surface area contributed by atoms with E-state index in [0.29, 0.717) is 16.8 Å². The predicted molar refractivity (Wildman–Crippen MR) is 82.6 cm³/mol. The zero-order chi connectivity index (χ0) is 13.9. The van der Waals surface area contributed by atoms with Crippen LogP contribution in [-0.2, 0) is 6.54 Å². The third-order valence-electron chi connectivity index (χ3n) is 3.39. The summed E-state index contributed by atoms with van der Waals surface area (Å²) in [6, 6.07) is 14.7. The molecule has 0 bridgehead atoms. The van der Waals surface area contributed by atoms with E-state index >= 15 is 0 Å². The Hall–Kier alpha value is -1.51. The lowest BCUT2D eigenvalue weighted by atomic mass is 10.2. The number of hydrogen-bond donors (Lipinski definition) is 1. The number of benzene rings is 2. The number of rotatable bonds is 5. The van der Waals surface area contributed by atoms with Crippen LogP contribution in [0.1, 0.15) is 24.0 Å². The van der Waals surface area contributed by atoms with Gasteiger partial charge in [0.05, 0.1) is 5.02 Å². The fraction of sp³-hybridized carbons (Fsp3) is 0.294. The molecule has 2 aromatic carbocycles. The smallest absolute Gasteiger partial charge is 0.146 e. The molecule has 2 aromatic rings. The summed E-state index contributed by atoms with van der Waals surface area (Å²) in [6.07, 6.45) is 2.60. The van der Waals surface area contributed by atoms with Gasteiger partial charge in [0.1, 0.15) is 11.5 Å². The first kappa shape index (κ1) is 13.5. The highest BCUT2D eigenvalue weighted by molar-refractivity contribution is 6.32. The van der Waals surface area contributed by atoms with Crippen LogP contribution in [0.25, 0.3) is 0 Å². The maximum absolute atomic E-state index is 6.19. The quantitative estimate of drug-likeness (QED) is 0.861. The summed E-state index contributed by atoms with van der Waals surface area (Å²) >= 11 is 6.19. The van der Waals surface area contributed by atoms with E-state index < -0.39 is 0 Å². The number of nitrogens with one attached hydrogen (secondary N) is 1. The first-order valence-electron chi connectivity index (χ1n) is 6.97. The summed E-state index contributed by atoms with van der Waals surface area (Å²) in [4.78, 5) is 0. The van der Waals surface area contributed by atoms with Gasteiger partial charge in [0.2, 0.25) is 0 Å². The van der Waals surface area contributed by atoms with Gasteiger partial charge < -0.3 is 10.1 Å². The second-order valence-corrected chi connectivity index (χ2v) is 5.75. The second kappa shape index (κ2) is 5.86. The average molecular weight is 288 g/mol. The van der Waals surface area contributed by atoms with E-state index in [-0.39, 0.29) is 0 Å². The summed E-state index contributed by atoms with van der Waals surface area (Å²) < 4.78 is 5.87. The molecule has 3 heteroatoms. The zero-order valence-corrected chi connectivity index (χ0v) is 12.3. The van der Waals surface area contributed by atoms with Crippen LogP contribution < -0.4 is 10.1 Å². The van der Waals surface area contributed by atoms with Gasteiger partial charge in [0, 0.05) is 12.6 Å². The Morgan fingerprint density at radius 1 is 1.20 bits per heavy atom. The van der Waals surface area contributed by atoms with Crippen LogP contribution in [0.2, 0.25) is 5.02 Å². The van der Waals surface area contributed by atoms with Crippen LogP contribution in [0.5, 0.6) is 11.5 Å². The molecule has 0 aliphatic heterocycles. The molecule has 3 rings (SSSR count). The SMILES string of the molecule is Cc1ccc(Oc2cccc(CNC3CC3)c2)c(Cl)c1. The summed E-state index contributed by atoms with van der Waals surface area (Å²) in [6.45, 7) is 2.91. The molecule has 0 atom stereocenters. The largest absolute Gasteiger partial charge is 0.456 e. The Kier molecular flexibility index (Phi) is 3.95. The number of ether oxygens (including phenoxy) is 1. The van der Waals surface area contributed by atoms with Crippen LogP contribution in [0.15, 0.2) is 42.5 Å². The normalized spacial score (nSPS) is 14.3. The minimum absolute atomic E-state index is 0.645. The molecule has 1 aliphatic rings. The molecule has 0 amide bonds. The highest BCUT2D eigenvalue weighted by Crippen LogP contribution is 2.30. The molecule has 0 unspecified atom stereocenters. The van der Waals surface area contributed by atoms with E-state index in [1.54, 1.807) is 0 Å². The Labute approximate surface area is 124 Å². The summed E-state index contributed by atoms with van der Waals surface area (Å²) in [5, 5.41) is 4.15. The van der Waals surface area contributed by atoms with Gasteiger partial charge in [-0.1, -0.05) is 29.8 Å². The van der Waals surface area contributed by atoms with Crippen molar-refractivity contribution in [3.8, 4) is 11.5 Å². The summed E-state index contributed by atoms with van der Waals surface area (Å²) in [5.74, 6) is 1.52. The van der Waals surface area contributed by atoms with Gasteiger partial charge in [0.15, 0.2) is 0 Å². The molecule has 0 radical (unpaired) electrons. The van der Waals surface area contributed by atoms with E-state index in [0.717, 1.165) is 17.9 Å². The molecule has 1 saturated carbocycles. The maximum Gasteiger partial charge on any atom is 0.146 e. The molecule has 1 N–H and O–H groups in total. The molecule has 0 spiro atoms. The lowest BCUT2D eigenvalue weighted by Crippen LogP contribution is -2.15. The average Bonchev–Trinajstić information content (AvgIpc) is 3.24. The van der Waals surface area contributed by atoms with Gasteiger partial charge in [-0.15, -0.1) is 0 Å². The van der Waals surface area contributed by atoms with Crippen LogP contribution in [0.4, 0.5) is 0 Å². The van der Waals surface area contributed by atoms with Crippen LogP contribution in [-0.4, -0.2) is 6.04 Å². The van der Waals surface area contributed by atoms with Gasteiger partial charge in [-0.3, -0.25) is 0 Å². The number of hydrogen-bond acceptors (Lipinski definition) is 2.